The first-order valence-corrected chi connectivity index (χ1v) is 12.9. The fourth-order valence-electron chi connectivity index (χ4n) is 3.40. The average molecular weight is 467 g/mol. The molecule has 0 N–H and O–H groups in total. The zero-order chi connectivity index (χ0) is 24.4. The average Bonchev–Trinajstić information content (AvgIpc) is 2.86. The molecule has 0 fully saturated rings. The summed E-state index contributed by atoms with van der Waals surface area (Å²) < 4.78 is 17.0. The molecule has 0 aliphatic rings. The smallest absolute Gasteiger partial charge is 0.343 e. The lowest BCUT2D eigenvalue weighted by atomic mass is 10.0. The molecule has 0 radical (unpaired) electrons. The molecular formula is C30H42O4. The van der Waals surface area contributed by atoms with E-state index in [1.54, 1.807) is 24.3 Å². The fraction of sp³-hybridized carbons (Fsp3) is 0.500. The van der Waals surface area contributed by atoms with E-state index in [1.807, 2.05) is 24.3 Å². The predicted octanol–water partition coefficient (Wildman–Crippen LogP) is 8.41. The van der Waals surface area contributed by atoms with Gasteiger partial charge < -0.3 is 14.2 Å². The molecule has 2 aromatic carbocycles. The van der Waals surface area contributed by atoms with Crippen LogP contribution in [-0.4, -0.2) is 19.2 Å². The van der Waals surface area contributed by atoms with E-state index in [0.717, 1.165) is 43.1 Å². The van der Waals surface area contributed by atoms with Gasteiger partial charge in [-0.1, -0.05) is 52.2 Å². The molecule has 186 valence electrons. The molecule has 4 nitrogen and oxygen atoms in total. The summed E-state index contributed by atoms with van der Waals surface area (Å²) in [5, 5.41) is 0. The van der Waals surface area contributed by atoms with Crippen molar-refractivity contribution in [3.63, 3.8) is 0 Å². The minimum atomic E-state index is -0.386. The van der Waals surface area contributed by atoms with Crippen LogP contribution in [0.25, 0.3) is 0 Å². The molecule has 2 rings (SSSR count). The SMILES string of the molecule is CCCC/C=C\CCCCOc1ccc(C(=O)Oc2ccc(OCCC[C@@H](C)CC)cc2)cc1. The number of carbonyl (C=O) groups excluding carboxylic acids is 1. The Bertz CT molecular complexity index is 824. The molecular weight excluding hydrogens is 424 g/mol. The molecule has 1 atom stereocenters. The van der Waals surface area contributed by atoms with E-state index >= 15 is 0 Å². The van der Waals surface area contributed by atoms with Crippen molar-refractivity contribution in [1.82, 2.24) is 0 Å². The number of rotatable bonds is 17. The van der Waals surface area contributed by atoms with Crippen LogP contribution in [0.4, 0.5) is 0 Å². The Morgan fingerprint density at radius 1 is 0.765 bits per heavy atom. The van der Waals surface area contributed by atoms with Gasteiger partial charge >= 0.3 is 5.97 Å². The van der Waals surface area contributed by atoms with E-state index in [-0.39, 0.29) is 5.97 Å². The Kier molecular flexibility index (Phi) is 13.6. The minimum Gasteiger partial charge on any atom is -0.494 e. The second-order valence-electron chi connectivity index (χ2n) is 8.85. The number of unbranched alkanes of at least 4 members (excludes halogenated alkanes) is 4. The van der Waals surface area contributed by atoms with Gasteiger partial charge in [0.2, 0.25) is 0 Å². The molecule has 0 aliphatic heterocycles. The second-order valence-corrected chi connectivity index (χ2v) is 8.85. The maximum absolute atomic E-state index is 12.4. The lowest BCUT2D eigenvalue weighted by Gasteiger charge is -2.10. The summed E-state index contributed by atoms with van der Waals surface area (Å²) in [6.07, 6.45) is 14.9. The quantitative estimate of drug-likeness (QED) is 0.102. The highest BCUT2D eigenvalue weighted by Crippen LogP contribution is 2.20. The van der Waals surface area contributed by atoms with Crippen LogP contribution in [0.5, 0.6) is 17.2 Å². The van der Waals surface area contributed by atoms with Crippen LogP contribution in [-0.2, 0) is 0 Å². The van der Waals surface area contributed by atoms with E-state index in [9.17, 15) is 4.79 Å². The third kappa shape index (κ3) is 11.4. The summed E-state index contributed by atoms with van der Waals surface area (Å²) in [6.45, 7) is 8.07. The van der Waals surface area contributed by atoms with Gasteiger partial charge in [0.1, 0.15) is 17.2 Å². The topological polar surface area (TPSA) is 44.8 Å². The summed E-state index contributed by atoms with van der Waals surface area (Å²) in [5.41, 5.74) is 0.495. The first-order valence-electron chi connectivity index (χ1n) is 12.9. The molecule has 34 heavy (non-hydrogen) atoms. The van der Waals surface area contributed by atoms with Gasteiger partial charge in [-0.15, -0.1) is 0 Å². The summed E-state index contributed by atoms with van der Waals surface area (Å²) in [5.74, 6) is 2.41. The van der Waals surface area contributed by atoms with E-state index in [1.165, 1.54) is 32.1 Å². The Hall–Kier alpha value is -2.75. The third-order valence-electron chi connectivity index (χ3n) is 5.86. The molecule has 0 saturated carbocycles. The van der Waals surface area contributed by atoms with Crippen LogP contribution >= 0.6 is 0 Å². The van der Waals surface area contributed by atoms with Crippen molar-refractivity contribution in [2.45, 2.75) is 78.6 Å². The molecule has 0 heterocycles. The van der Waals surface area contributed by atoms with Gasteiger partial charge in [-0.2, -0.15) is 0 Å². The highest BCUT2D eigenvalue weighted by atomic mass is 16.5. The lowest BCUT2D eigenvalue weighted by molar-refractivity contribution is 0.0734. The summed E-state index contributed by atoms with van der Waals surface area (Å²) in [4.78, 5) is 12.4. The zero-order valence-electron chi connectivity index (χ0n) is 21.3. The lowest BCUT2D eigenvalue weighted by Crippen LogP contribution is -2.08. The normalized spacial score (nSPS) is 12.0. The first kappa shape index (κ1) is 27.5. The van der Waals surface area contributed by atoms with Crippen molar-refractivity contribution in [3.05, 3.63) is 66.2 Å². The molecule has 0 saturated heterocycles. The summed E-state index contributed by atoms with van der Waals surface area (Å²) in [7, 11) is 0. The van der Waals surface area contributed by atoms with Crippen molar-refractivity contribution in [2.24, 2.45) is 5.92 Å². The molecule has 0 spiro atoms. The molecule has 0 amide bonds. The molecule has 0 aliphatic carbocycles. The molecule has 2 aromatic rings. The molecule has 4 heteroatoms. The largest absolute Gasteiger partial charge is 0.494 e. The van der Waals surface area contributed by atoms with Gasteiger partial charge in [-0.25, -0.2) is 4.79 Å². The van der Waals surface area contributed by atoms with E-state index < -0.39 is 0 Å². The summed E-state index contributed by atoms with van der Waals surface area (Å²) >= 11 is 0. The van der Waals surface area contributed by atoms with Crippen LogP contribution in [0.2, 0.25) is 0 Å². The Morgan fingerprint density at radius 2 is 1.32 bits per heavy atom. The van der Waals surface area contributed by atoms with Gasteiger partial charge in [-0.05, 0) is 93.0 Å². The maximum atomic E-state index is 12.4. The maximum Gasteiger partial charge on any atom is 0.343 e. The highest BCUT2D eigenvalue weighted by Gasteiger charge is 2.09. The predicted molar refractivity (Wildman–Crippen MR) is 140 cm³/mol. The van der Waals surface area contributed by atoms with Crippen molar-refractivity contribution in [2.75, 3.05) is 13.2 Å². The van der Waals surface area contributed by atoms with Crippen LogP contribution in [0.3, 0.4) is 0 Å². The Balaban J connectivity index is 1.66. The highest BCUT2D eigenvalue weighted by molar-refractivity contribution is 5.91. The van der Waals surface area contributed by atoms with Crippen LogP contribution in [0, 0.1) is 5.92 Å². The van der Waals surface area contributed by atoms with E-state index in [4.69, 9.17) is 14.2 Å². The van der Waals surface area contributed by atoms with Crippen LogP contribution in [0.15, 0.2) is 60.7 Å². The van der Waals surface area contributed by atoms with Crippen LogP contribution < -0.4 is 14.2 Å². The number of esters is 1. The van der Waals surface area contributed by atoms with Gasteiger partial charge in [0, 0.05) is 0 Å². The number of carbonyl (C=O) groups is 1. The second kappa shape index (κ2) is 16.8. The van der Waals surface area contributed by atoms with Crippen molar-refractivity contribution in [1.29, 1.82) is 0 Å². The van der Waals surface area contributed by atoms with E-state index in [2.05, 4.69) is 32.9 Å². The standard InChI is InChI=1S/C30H42O4/c1-4-6-7-8-9-10-11-12-23-32-27-17-15-26(16-18-27)30(31)34-29-21-19-28(20-22-29)33-24-13-14-25(3)5-2/h8-9,15-22,25H,4-7,10-14,23-24H2,1-3H3/b9-8-/t25-/m0/s1. The first-order chi connectivity index (χ1) is 16.6. The monoisotopic (exact) mass is 466 g/mol. The number of hydrogen-bond donors (Lipinski definition) is 0. The Morgan fingerprint density at radius 3 is 1.94 bits per heavy atom. The van der Waals surface area contributed by atoms with Gasteiger partial charge in [0.25, 0.3) is 0 Å². The Labute approximate surface area is 206 Å². The number of ether oxygens (including phenoxy) is 3. The number of benzene rings is 2. The number of allylic oxidation sites excluding steroid dienone is 2. The van der Waals surface area contributed by atoms with Gasteiger partial charge in [0.15, 0.2) is 0 Å². The molecule has 0 aromatic heterocycles. The van der Waals surface area contributed by atoms with Crippen molar-refractivity contribution < 1.29 is 19.0 Å². The van der Waals surface area contributed by atoms with Crippen molar-refractivity contribution >= 4 is 5.97 Å². The van der Waals surface area contributed by atoms with E-state index in [0.29, 0.717) is 24.5 Å². The summed E-state index contributed by atoms with van der Waals surface area (Å²) in [6, 6.07) is 14.3. The van der Waals surface area contributed by atoms with Crippen molar-refractivity contribution in [3.8, 4) is 17.2 Å². The zero-order valence-corrected chi connectivity index (χ0v) is 21.3. The van der Waals surface area contributed by atoms with Gasteiger partial charge in [0.05, 0.1) is 18.8 Å². The third-order valence-corrected chi connectivity index (χ3v) is 5.86. The fourth-order valence-corrected chi connectivity index (χ4v) is 3.40. The molecule has 0 unspecified atom stereocenters. The minimum absolute atomic E-state index is 0.386. The number of hydrogen-bond acceptors (Lipinski definition) is 4. The molecule has 0 bridgehead atoms. The van der Waals surface area contributed by atoms with Gasteiger partial charge in [-0.3, -0.25) is 0 Å². The van der Waals surface area contributed by atoms with Crippen LogP contribution in [0.1, 0.15) is 88.9 Å².